The molecule has 1 nitrogen and oxygen atoms in total. The minimum Gasteiger partial charge on any atom is -0.291 e. The van der Waals surface area contributed by atoms with Gasteiger partial charge in [-0.3, -0.25) is 4.90 Å². The summed E-state index contributed by atoms with van der Waals surface area (Å²) in [6, 6.07) is 14.6. The van der Waals surface area contributed by atoms with E-state index in [0.29, 0.717) is 0 Å². The molecule has 0 N–H and O–H groups in total. The van der Waals surface area contributed by atoms with E-state index in [1.165, 1.54) is 16.7 Å². The number of halogens is 2. The molecule has 0 fully saturated rings. The predicted molar refractivity (Wildman–Crippen MR) is 78.5 cm³/mol. The van der Waals surface area contributed by atoms with Crippen molar-refractivity contribution >= 4 is 27.5 Å². The zero-order chi connectivity index (χ0) is 12.5. The fourth-order valence-electron chi connectivity index (χ4n) is 2.44. The van der Waals surface area contributed by atoms with Crippen LogP contribution in [0.5, 0.6) is 0 Å². The molecule has 0 radical (unpaired) electrons. The van der Waals surface area contributed by atoms with Crippen LogP contribution in [0.3, 0.4) is 0 Å². The van der Waals surface area contributed by atoms with Crippen LogP contribution in [0.15, 0.2) is 46.9 Å². The Morgan fingerprint density at radius 2 is 1.89 bits per heavy atom. The Balaban J connectivity index is 1.74. The Morgan fingerprint density at radius 3 is 2.72 bits per heavy atom. The van der Waals surface area contributed by atoms with E-state index in [1.807, 2.05) is 18.2 Å². The van der Waals surface area contributed by atoms with Crippen LogP contribution in [-0.4, -0.2) is 4.90 Å². The minimum atomic E-state index is 0.812. The van der Waals surface area contributed by atoms with Crippen LogP contribution in [0.2, 0.25) is 5.02 Å². The molecule has 0 unspecified atom stereocenters. The van der Waals surface area contributed by atoms with Gasteiger partial charge < -0.3 is 0 Å². The van der Waals surface area contributed by atoms with Crippen molar-refractivity contribution in [2.75, 3.05) is 0 Å². The van der Waals surface area contributed by atoms with Gasteiger partial charge >= 0.3 is 0 Å². The van der Waals surface area contributed by atoms with Gasteiger partial charge in [0.2, 0.25) is 0 Å². The van der Waals surface area contributed by atoms with Gasteiger partial charge in [-0.25, -0.2) is 0 Å². The lowest BCUT2D eigenvalue weighted by Crippen LogP contribution is -2.15. The number of rotatable bonds is 2. The normalized spacial score (nSPS) is 14.8. The van der Waals surface area contributed by atoms with Crippen molar-refractivity contribution in [3.63, 3.8) is 0 Å². The summed E-state index contributed by atoms with van der Waals surface area (Å²) in [4.78, 5) is 2.43. The monoisotopic (exact) mass is 321 g/mol. The maximum atomic E-state index is 6.02. The highest BCUT2D eigenvalue weighted by atomic mass is 79.9. The molecular weight excluding hydrogens is 310 g/mol. The lowest BCUT2D eigenvalue weighted by atomic mass is 10.1. The molecule has 3 rings (SSSR count). The van der Waals surface area contributed by atoms with Gasteiger partial charge in [-0.1, -0.05) is 45.7 Å². The molecule has 1 heterocycles. The average molecular weight is 323 g/mol. The Kier molecular flexibility index (Phi) is 3.42. The molecule has 92 valence electrons. The molecule has 2 aromatic rings. The molecule has 0 atom stereocenters. The Bertz CT molecular complexity index is 582. The third-order valence-electron chi connectivity index (χ3n) is 3.25. The summed E-state index contributed by atoms with van der Waals surface area (Å²) in [5, 5.41) is 0.812. The van der Waals surface area contributed by atoms with E-state index in [4.69, 9.17) is 11.6 Å². The van der Waals surface area contributed by atoms with Crippen LogP contribution >= 0.6 is 27.5 Å². The van der Waals surface area contributed by atoms with E-state index in [-0.39, 0.29) is 0 Å². The first-order valence-electron chi connectivity index (χ1n) is 5.95. The molecule has 2 aromatic carbocycles. The van der Waals surface area contributed by atoms with E-state index < -0.39 is 0 Å². The molecule has 0 saturated carbocycles. The van der Waals surface area contributed by atoms with Crippen LogP contribution in [0, 0.1) is 0 Å². The molecule has 0 aliphatic carbocycles. The van der Waals surface area contributed by atoms with Crippen LogP contribution in [0.25, 0.3) is 0 Å². The zero-order valence-electron chi connectivity index (χ0n) is 9.87. The van der Waals surface area contributed by atoms with Crippen LogP contribution in [0.1, 0.15) is 16.7 Å². The number of nitrogens with zero attached hydrogens (tertiary/aromatic N) is 1. The molecule has 0 aromatic heterocycles. The van der Waals surface area contributed by atoms with Crippen molar-refractivity contribution in [2.24, 2.45) is 0 Å². The summed E-state index contributed by atoms with van der Waals surface area (Å²) in [6.07, 6.45) is 0. The molecule has 1 aliphatic rings. The lowest BCUT2D eigenvalue weighted by molar-refractivity contribution is 0.275. The fourth-order valence-corrected chi connectivity index (χ4v) is 3.06. The molecule has 18 heavy (non-hydrogen) atoms. The maximum Gasteiger partial charge on any atom is 0.0409 e. The van der Waals surface area contributed by atoms with Gasteiger partial charge in [0.25, 0.3) is 0 Å². The highest BCUT2D eigenvalue weighted by Gasteiger charge is 2.18. The van der Waals surface area contributed by atoms with Crippen molar-refractivity contribution in [3.05, 3.63) is 68.7 Å². The van der Waals surface area contributed by atoms with E-state index in [2.05, 4.69) is 45.1 Å². The third-order valence-corrected chi connectivity index (χ3v) is 3.98. The first-order chi connectivity index (χ1) is 8.70. The smallest absolute Gasteiger partial charge is 0.0409 e. The van der Waals surface area contributed by atoms with E-state index in [9.17, 15) is 0 Å². The molecule has 0 spiro atoms. The number of benzene rings is 2. The topological polar surface area (TPSA) is 3.24 Å². The molecule has 0 bridgehead atoms. The van der Waals surface area contributed by atoms with Crippen LogP contribution < -0.4 is 0 Å². The highest BCUT2D eigenvalue weighted by Crippen LogP contribution is 2.27. The van der Waals surface area contributed by atoms with Crippen molar-refractivity contribution in [1.82, 2.24) is 4.90 Å². The highest BCUT2D eigenvalue weighted by molar-refractivity contribution is 9.10. The van der Waals surface area contributed by atoms with Gasteiger partial charge in [0.05, 0.1) is 0 Å². The number of hydrogen-bond acceptors (Lipinski definition) is 1. The number of fused-ring (bicyclic) bond motifs is 1. The van der Waals surface area contributed by atoms with Gasteiger partial charge in [0.1, 0.15) is 0 Å². The van der Waals surface area contributed by atoms with Crippen LogP contribution in [-0.2, 0) is 19.6 Å². The Morgan fingerprint density at radius 1 is 1.06 bits per heavy atom. The molecular formula is C15H13BrClN. The third kappa shape index (κ3) is 2.61. The van der Waals surface area contributed by atoms with E-state index >= 15 is 0 Å². The Labute approximate surface area is 121 Å². The largest absolute Gasteiger partial charge is 0.291 e. The molecule has 0 amide bonds. The summed E-state index contributed by atoms with van der Waals surface area (Å²) in [6.45, 7) is 2.99. The fraction of sp³-hybridized carbons (Fsp3) is 0.200. The SMILES string of the molecule is Clc1cccc(CN2Cc3ccc(Br)cc3C2)c1. The van der Waals surface area contributed by atoms with Crippen molar-refractivity contribution in [2.45, 2.75) is 19.6 Å². The summed E-state index contributed by atoms with van der Waals surface area (Å²) < 4.78 is 1.16. The standard InChI is InChI=1S/C15H13BrClN/c16-14-5-4-12-9-18(10-13(12)7-14)8-11-2-1-3-15(17)6-11/h1-7H,8-10H2. The zero-order valence-corrected chi connectivity index (χ0v) is 12.2. The summed E-state index contributed by atoms with van der Waals surface area (Å²) in [7, 11) is 0. The molecule has 1 aliphatic heterocycles. The maximum absolute atomic E-state index is 6.02. The number of hydrogen-bond donors (Lipinski definition) is 0. The quantitative estimate of drug-likeness (QED) is 0.780. The first kappa shape index (κ1) is 12.2. The average Bonchev–Trinajstić information content (AvgIpc) is 2.70. The van der Waals surface area contributed by atoms with E-state index in [0.717, 1.165) is 29.1 Å². The van der Waals surface area contributed by atoms with Crippen molar-refractivity contribution < 1.29 is 0 Å². The predicted octanol–water partition coefficient (Wildman–Crippen LogP) is 4.62. The van der Waals surface area contributed by atoms with Gasteiger partial charge in [0, 0.05) is 29.1 Å². The van der Waals surface area contributed by atoms with Crippen molar-refractivity contribution in [1.29, 1.82) is 0 Å². The Hall–Kier alpha value is -0.830. The van der Waals surface area contributed by atoms with Gasteiger partial charge in [0.15, 0.2) is 0 Å². The van der Waals surface area contributed by atoms with Crippen molar-refractivity contribution in [3.8, 4) is 0 Å². The van der Waals surface area contributed by atoms with E-state index in [1.54, 1.807) is 0 Å². The lowest BCUT2D eigenvalue weighted by Gasteiger charge is -2.14. The molecule has 0 saturated heterocycles. The second kappa shape index (κ2) is 5.04. The van der Waals surface area contributed by atoms with Gasteiger partial charge in [-0.15, -0.1) is 0 Å². The summed E-state index contributed by atoms with van der Waals surface area (Å²) >= 11 is 9.54. The second-order valence-electron chi connectivity index (χ2n) is 4.69. The minimum absolute atomic E-state index is 0.812. The van der Waals surface area contributed by atoms with Gasteiger partial charge in [-0.2, -0.15) is 0 Å². The first-order valence-corrected chi connectivity index (χ1v) is 7.12. The second-order valence-corrected chi connectivity index (χ2v) is 6.04. The summed E-state index contributed by atoms with van der Waals surface area (Å²) in [5.74, 6) is 0. The van der Waals surface area contributed by atoms with Gasteiger partial charge in [-0.05, 0) is 41.0 Å². The molecule has 3 heteroatoms. The van der Waals surface area contributed by atoms with Crippen LogP contribution in [0.4, 0.5) is 0 Å². The summed E-state index contributed by atoms with van der Waals surface area (Å²) in [5.41, 5.74) is 4.13.